The van der Waals surface area contributed by atoms with Crippen molar-refractivity contribution < 1.29 is 28.6 Å². The number of carbonyl (C=O) groups is 3. The van der Waals surface area contributed by atoms with Crippen molar-refractivity contribution in [1.82, 2.24) is 0 Å². The van der Waals surface area contributed by atoms with Crippen LogP contribution in [0.25, 0.3) is 0 Å². The summed E-state index contributed by atoms with van der Waals surface area (Å²) in [4.78, 5) is 37.7. The van der Waals surface area contributed by atoms with Crippen molar-refractivity contribution in [2.45, 2.75) is 316 Å². The van der Waals surface area contributed by atoms with Crippen LogP contribution in [0, 0.1) is 0 Å². The molecule has 0 radical (unpaired) electrons. The van der Waals surface area contributed by atoms with Crippen LogP contribution in [0.3, 0.4) is 0 Å². The van der Waals surface area contributed by atoms with Crippen molar-refractivity contribution in [3.63, 3.8) is 0 Å². The van der Waals surface area contributed by atoms with Crippen molar-refractivity contribution >= 4 is 17.9 Å². The van der Waals surface area contributed by atoms with E-state index in [9.17, 15) is 14.4 Å². The van der Waals surface area contributed by atoms with E-state index in [0.717, 1.165) is 57.8 Å². The average molecular weight is 849 g/mol. The summed E-state index contributed by atoms with van der Waals surface area (Å²) in [5, 5.41) is 0. The van der Waals surface area contributed by atoms with E-state index in [1.807, 2.05) is 0 Å². The second-order valence-electron chi connectivity index (χ2n) is 18.5. The number of hydrogen-bond donors (Lipinski definition) is 0. The quantitative estimate of drug-likeness (QED) is 0.0345. The molecule has 1 unspecified atom stereocenters. The third kappa shape index (κ3) is 47.5. The molecule has 6 heteroatoms. The SMILES string of the molecule is CCCCCCCCCCCCCCCCCCCCCCCCCCCC(=O)OCC(COC(=O)CCCCCCCC)OC(=O)CCCCCCCCCCCCC. The van der Waals surface area contributed by atoms with Gasteiger partial charge in [0.25, 0.3) is 0 Å². The van der Waals surface area contributed by atoms with Gasteiger partial charge in [-0.25, -0.2) is 0 Å². The third-order valence-electron chi connectivity index (χ3n) is 12.4. The molecule has 0 spiro atoms. The van der Waals surface area contributed by atoms with Crippen molar-refractivity contribution in [2.24, 2.45) is 0 Å². The van der Waals surface area contributed by atoms with Gasteiger partial charge in [0, 0.05) is 19.3 Å². The van der Waals surface area contributed by atoms with Gasteiger partial charge in [-0.3, -0.25) is 14.4 Å². The summed E-state index contributed by atoms with van der Waals surface area (Å²) in [6.07, 6.45) is 54.2. The Kier molecular flexibility index (Phi) is 48.7. The summed E-state index contributed by atoms with van der Waals surface area (Å²) in [7, 11) is 0. The lowest BCUT2D eigenvalue weighted by atomic mass is 10.0. The number of hydrogen-bond acceptors (Lipinski definition) is 6. The molecule has 60 heavy (non-hydrogen) atoms. The molecule has 0 aliphatic heterocycles. The Morgan fingerprint density at radius 3 is 0.667 bits per heavy atom. The molecule has 0 heterocycles. The van der Waals surface area contributed by atoms with Gasteiger partial charge in [-0.05, 0) is 19.3 Å². The van der Waals surface area contributed by atoms with Crippen molar-refractivity contribution in [3.05, 3.63) is 0 Å². The molecular formula is C54H104O6. The topological polar surface area (TPSA) is 78.9 Å². The van der Waals surface area contributed by atoms with Crippen molar-refractivity contribution in [1.29, 1.82) is 0 Å². The summed E-state index contributed by atoms with van der Waals surface area (Å²) in [5.74, 6) is -0.855. The molecule has 6 nitrogen and oxygen atoms in total. The molecule has 0 aromatic rings. The van der Waals surface area contributed by atoms with Gasteiger partial charge in [0.1, 0.15) is 13.2 Å². The Morgan fingerprint density at radius 1 is 0.267 bits per heavy atom. The first-order valence-electron chi connectivity index (χ1n) is 27.0. The summed E-state index contributed by atoms with van der Waals surface area (Å²) in [5.41, 5.74) is 0. The van der Waals surface area contributed by atoms with E-state index in [0.29, 0.717) is 19.3 Å². The van der Waals surface area contributed by atoms with E-state index in [1.165, 1.54) is 212 Å². The van der Waals surface area contributed by atoms with E-state index < -0.39 is 6.10 Å². The maximum atomic E-state index is 12.7. The predicted molar refractivity (Wildman–Crippen MR) is 257 cm³/mol. The molecule has 0 fully saturated rings. The molecule has 0 bridgehead atoms. The average Bonchev–Trinajstić information content (AvgIpc) is 3.24. The van der Waals surface area contributed by atoms with Gasteiger partial charge in [0.2, 0.25) is 0 Å². The molecule has 0 amide bonds. The Hall–Kier alpha value is -1.59. The highest BCUT2D eigenvalue weighted by Crippen LogP contribution is 2.17. The summed E-state index contributed by atoms with van der Waals surface area (Å²) < 4.78 is 16.7. The molecule has 0 N–H and O–H groups in total. The zero-order valence-corrected chi connectivity index (χ0v) is 40.8. The first kappa shape index (κ1) is 58.4. The fourth-order valence-corrected chi connectivity index (χ4v) is 8.27. The Bertz CT molecular complexity index is 889. The lowest BCUT2D eigenvalue weighted by Crippen LogP contribution is -2.30. The van der Waals surface area contributed by atoms with Crippen LogP contribution in [0.5, 0.6) is 0 Å². The Balaban J connectivity index is 3.98. The normalized spacial score (nSPS) is 11.8. The lowest BCUT2D eigenvalue weighted by molar-refractivity contribution is -0.167. The van der Waals surface area contributed by atoms with Crippen LogP contribution >= 0.6 is 0 Å². The fraction of sp³-hybridized carbons (Fsp3) is 0.944. The number of carbonyl (C=O) groups excluding carboxylic acids is 3. The second kappa shape index (κ2) is 50.1. The molecule has 0 saturated heterocycles. The minimum atomic E-state index is -0.758. The lowest BCUT2D eigenvalue weighted by Gasteiger charge is -2.18. The van der Waals surface area contributed by atoms with Gasteiger partial charge in [0.15, 0.2) is 6.10 Å². The van der Waals surface area contributed by atoms with Gasteiger partial charge in [0.05, 0.1) is 0 Å². The highest BCUT2D eigenvalue weighted by Gasteiger charge is 2.19. The molecular weight excluding hydrogens is 745 g/mol. The van der Waals surface area contributed by atoms with Crippen LogP contribution in [-0.2, 0) is 28.6 Å². The molecule has 0 saturated carbocycles. The molecule has 0 aliphatic rings. The fourth-order valence-electron chi connectivity index (χ4n) is 8.27. The summed E-state index contributed by atoms with van der Waals surface area (Å²) in [6, 6.07) is 0. The zero-order chi connectivity index (χ0) is 43.7. The van der Waals surface area contributed by atoms with Crippen molar-refractivity contribution in [3.8, 4) is 0 Å². The van der Waals surface area contributed by atoms with Crippen LogP contribution < -0.4 is 0 Å². The largest absolute Gasteiger partial charge is 0.462 e. The maximum absolute atomic E-state index is 12.7. The molecule has 0 aliphatic carbocycles. The van der Waals surface area contributed by atoms with E-state index in [1.54, 1.807) is 0 Å². The molecule has 356 valence electrons. The number of ether oxygens (including phenoxy) is 3. The van der Waals surface area contributed by atoms with Gasteiger partial charge in [-0.15, -0.1) is 0 Å². The van der Waals surface area contributed by atoms with Gasteiger partial charge >= 0.3 is 17.9 Å². The zero-order valence-electron chi connectivity index (χ0n) is 40.8. The highest BCUT2D eigenvalue weighted by molar-refractivity contribution is 5.71. The van der Waals surface area contributed by atoms with Crippen LogP contribution in [-0.4, -0.2) is 37.2 Å². The highest BCUT2D eigenvalue weighted by atomic mass is 16.6. The minimum Gasteiger partial charge on any atom is -0.462 e. The monoisotopic (exact) mass is 849 g/mol. The summed E-state index contributed by atoms with van der Waals surface area (Å²) in [6.45, 7) is 6.62. The van der Waals surface area contributed by atoms with Crippen LogP contribution in [0.4, 0.5) is 0 Å². The Morgan fingerprint density at radius 2 is 0.450 bits per heavy atom. The van der Waals surface area contributed by atoms with E-state index >= 15 is 0 Å². The predicted octanol–water partition coefficient (Wildman–Crippen LogP) is 17.6. The number of rotatable bonds is 50. The standard InChI is InChI=1S/C54H104O6/c1-4-7-10-13-16-18-20-21-22-23-24-25-26-27-28-29-30-31-32-33-35-36-38-41-44-47-53(56)59-50-51(49-58-52(55)46-43-40-15-12-9-6-3)60-54(57)48-45-42-39-37-34-19-17-14-11-8-5-2/h51H,4-50H2,1-3H3. The molecule has 0 aromatic heterocycles. The van der Waals surface area contributed by atoms with Crippen molar-refractivity contribution in [2.75, 3.05) is 13.2 Å². The first-order chi connectivity index (χ1) is 29.5. The molecule has 1 atom stereocenters. The molecule has 0 rings (SSSR count). The van der Waals surface area contributed by atoms with E-state index in [4.69, 9.17) is 14.2 Å². The van der Waals surface area contributed by atoms with Crippen LogP contribution in [0.1, 0.15) is 310 Å². The van der Waals surface area contributed by atoms with Gasteiger partial charge < -0.3 is 14.2 Å². The minimum absolute atomic E-state index is 0.0629. The third-order valence-corrected chi connectivity index (χ3v) is 12.4. The molecule has 0 aromatic carbocycles. The van der Waals surface area contributed by atoms with E-state index in [-0.39, 0.29) is 31.1 Å². The Labute approximate surface area is 374 Å². The van der Waals surface area contributed by atoms with Crippen LogP contribution in [0.2, 0.25) is 0 Å². The van der Waals surface area contributed by atoms with E-state index in [2.05, 4.69) is 20.8 Å². The van der Waals surface area contributed by atoms with Gasteiger partial charge in [-0.2, -0.15) is 0 Å². The summed E-state index contributed by atoms with van der Waals surface area (Å²) >= 11 is 0. The van der Waals surface area contributed by atoms with Crippen LogP contribution in [0.15, 0.2) is 0 Å². The van der Waals surface area contributed by atoms with Gasteiger partial charge in [-0.1, -0.05) is 271 Å². The maximum Gasteiger partial charge on any atom is 0.306 e. The number of unbranched alkanes of at least 4 members (excludes halogenated alkanes) is 39. The first-order valence-corrected chi connectivity index (χ1v) is 27.0. The smallest absolute Gasteiger partial charge is 0.306 e. The second-order valence-corrected chi connectivity index (χ2v) is 18.5. The number of esters is 3.